The topological polar surface area (TPSA) is 72.2 Å². The number of thioether (sulfide) groups is 2. The molecule has 4 aromatic rings. The molecular formula is C22H23N5OS3. The first-order chi connectivity index (χ1) is 15.1. The van der Waals surface area contributed by atoms with Crippen molar-refractivity contribution in [2.75, 3.05) is 16.8 Å². The molecule has 3 heterocycles. The Labute approximate surface area is 193 Å². The van der Waals surface area contributed by atoms with E-state index in [2.05, 4.69) is 22.4 Å². The van der Waals surface area contributed by atoms with Crippen LogP contribution in [0.25, 0.3) is 15.9 Å². The minimum Gasteiger partial charge on any atom is -0.325 e. The van der Waals surface area contributed by atoms with Gasteiger partial charge in [0.25, 0.3) is 0 Å². The van der Waals surface area contributed by atoms with Gasteiger partial charge in [0.1, 0.15) is 4.83 Å². The summed E-state index contributed by atoms with van der Waals surface area (Å²) in [5.74, 6) is 1.12. The monoisotopic (exact) mass is 469 g/mol. The molecule has 6 nitrogen and oxygen atoms in total. The molecule has 0 spiro atoms. The number of carbonyl (C=O) groups excluding carboxylic acids is 1. The second kappa shape index (κ2) is 8.80. The van der Waals surface area contributed by atoms with Gasteiger partial charge in [-0.15, -0.1) is 21.5 Å². The van der Waals surface area contributed by atoms with E-state index < -0.39 is 0 Å². The van der Waals surface area contributed by atoms with Crippen LogP contribution in [0.15, 0.2) is 34.6 Å². The van der Waals surface area contributed by atoms with Crippen LogP contribution >= 0.6 is 34.9 Å². The zero-order chi connectivity index (χ0) is 21.4. The first-order valence-electron chi connectivity index (χ1n) is 10.5. The average Bonchev–Trinajstić information content (AvgIpc) is 3.35. The number of aromatic nitrogens is 4. The number of fused-ring (bicyclic) bond motifs is 5. The number of benzene rings is 1. The van der Waals surface area contributed by atoms with Gasteiger partial charge in [-0.2, -0.15) is 0 Å². The molecular weight excluding hydrogens is 446 g/mol. The molecule has 1 N–H and O–H groups in total. The van der Waals surface area contributed by atoms with Crippen molar-refractivity contribution in [1.82, 2.24) is 19.6 Å². The molecule has 160 valence electrons. The lowest BCUT2D eigenvalue weighted by molar-refractivity contribution is -0.113. The number of hydrogen-bond acceptors (Lipinski definition) is 7. The summed E-state index contributed by atoms with van der Waals surface area (Å²) in [7, 11) is 0. The molecule has 1 aliphatic carbocycles. The molecule has 0 unspecified atom stereocenters. The van der Waals surface area contributed by atoms with Crippen molar-refractivity contribution in [1.29, 1.82) is 0 Å². The number of nitrogens with one attached hydrogen (secondary N) is 1. The molecule has 0 saturated heterocycles. The summed E-state index contributed by atoms with van der Waals surface area (Å²) in [6, 6.07) is 7.81. The minimum atomic E-state index is -0.0581. The van der Waals surface area contributed by atoms with Crippen molar-refractivity contribution in [2.24, 2.45) is 0 Å². The highest BCUT2D eigenvalue weighted by Gasteiger charge is 2.23. The number of nitrogens with zero attached hydrogens (tertiary/aromatic N) is 4. The number of anilines is 1. The Hall–Kier alpha value is -2.10. The van der Waals surface area contributed by atoms with Crippen LogP contribution in [0.4, 0.5) is 5.69 Å². The fourth-order valence-corrected chi connectivity index (χ4v) is 6.71. The fourth-order valence-electron chi connectivity index (χ4n) is 3.89. The second-order valence-electron chi connectivity index (χ2n) is 7.56. The predicted molar refractivity (Wildman–Crippen MR) is 130 cm³/mol. The van der Waals surface area contributed by atoms with E-state index in [0.29, 0.717) is 0 Å². The van der Waals surface area contributed by atoms with Gasteiger partial charge in [0.15, 0.2) is 16.0 Å². The van der Waals surface area contributed by atoms with Gasteiger partial charge < -0.3 is 5.32 Å². The lowest BCUT2D eigenvalue weighted by Gasteiger charge is -2.11. The normalized spacial score (nSPS) is 13.6. The molecule has 5 rings (SSSR count). The van der Waals surface area contributed by atoms with Crippen molar-refractivity contribution in [3.8, 4) is 0 Å². The van der Waals surface area contributed by atoms with Crippen LogP contribution in [-0.4, -0.2) is 37.0 Å². The zero-order valence-electron chi connectivity index (χ0n) is 17.5. The Kier molecular flexibility index (Phi) is 5.90. The maximum absolute atomic E-state index is 12.5. The third kappa shape index (κ3) is 4.06. The van der Waals surface area contributed by atoms with Crippen molar-refractivity contribution in [3.63, 3.8) is 0 Å². The summed E-state index contributed by atoms with van der Waals surface area (Å²) in [5.41, 5.74) is 4.25. The molecule has 9 heteroatoms. The van der Waals surface area contributed by atoms with Crippen LogP contribution in [0.2, 0.25) is 0 Å². The number of carbonyl (C=O) groups is 1. The number of rotatable bonds is 6. The number of amides is 1. The smallest absolute Gasteiger partial charge is 0.234 e. The van der Waals surface area contributed by atoms with Crippen LogP contribution in [0.5, 0.6) is 0 Å². The SMILES string of the molecule is CCSc1nc2sc3c(c2c2nnc(SCC(=O)Nc4ccc(C)cc4)n12)CCCC3. The Balaban J connectivity index is 1.46. The van der Waals surface area contributed by atoms with E-state index in [1.54, 1.807) is 11.8 Å². The maximum Gasteiger partial charge on any atom is 0.234 e. The van der Waals surface area contributed by atoms with E-state index in [0.717, 1.165) is 56.0 Å². The predicted octanol–water partition coefficient (Wildman–Crippen LogP) is 5.37. The molecule has 1 amide bonds. The Bertz CT molecular complexity index is 1260. The van der Waals surface area contributed by atoms with Gasteiger partial charge in [-0.3, -0.25) is 4.79 Å². The van der Waals surface area contributed by atoms with Gasteiger partial charge in [0.2, 0.25) is 5.91 Å². The van der Waals surface area contributed by atoms with Gasteiger partial charge in [-0.1, -0.05) is 48.1 Å². The van der Waals surface area contributed by atoms with Gasteiger partial charge >= 0.3 is 0 Å². The second-order valence-corrected chi connectivity index (χ2v) is 10.8. The first kappa shape index (κ1) is 20.8. The number of aryl methyl sites for hydroxylation is 3. The van der Waals surface area contributed by atoms with Gasteiger partial charge in [-0.05, 0) is 56.1 Å². The average molecular weight is 470 g/mol. The van der Waals surface area contributed by atoms with Crippen LogP contribution in [0.1, 0.15) is 35.8 Å². The van der Waals surface area contributed by atoms with Gasteiger partial charge in [0.05, 0.1) is 11.1 Å². The lowest BCUT2D eigenvalue weighted by atomic mass is 9.97. The van der Waals surface area contributed by atoms with Crippen molar-refractivity contribution < 1.29 is 4.79 Å². The Morgan fingerprint density at radius 1 is 1.13 bits per heavy atom. The van der Waals surface area contributed by atoms with Crippen LogP contribution in [0, 0.1) is 6.92 Å². The first-order valence-corrected chi connectivity index (χ1v) is 13.2. The van der Waals surface area contributed by atoms with E-state index >= 15 is 0 Å². The molecule has 3 aromatic heterocycles. The highest BCUT2D eigenvalue weighted by molar-refractivity contribution is 8.00. The molecule has 0 fully saturated rings. The Morgan fingerprint density at radius 2 is 1.94 bits per heavy atom. The fraction of sp³-hybridized carbons (Fsp3) is 0.364. The number of hydrogen-bond donors (Lipinski definition) is 1. The highest BCUT2D eigenvalue weighted by atomic mass is 32.2. The van der Waals surface area contributed by atoms with E-state index in [1.165, 1.54) is 35.0 Å². The maximum atomic E-state index is 12.5. The summed E-state index contributed by atoms with van der Waals surface area (Å²) in [4.78, 5) is 20.0. The standard InChI is InChI=1S/C22H23N5OS3/c1-3-29-21-24-20-18(15-6-4-5-7-16(15)31-20)19-25-26-22(27(19)21)30-12-17(28)23-14-10-8-13(2)9-11-14/h8-11H,3-7,12H2,1-2H3,(H,23,28). The molecule has 0 aliphatic heterocycles. The zero-order valence-corrected chi connectivity index (χ0v) is 19.9. The van der Waals surface area contributed by atoms with E-state index in [4.69, 9.17) is 4.98 Å². The van der Waals surface area contributed by atoms with Crippen LogP contribution < -0.4 is 5.32 Å². The van der Waals surface area contributed by atoms with Gasteiger partial charge in [0, 0.05) is 10.6 Å². The van der Waals surface area contributed by atoms with E-state index in [9.17, 15) is 4.79 Å². The summed E-state index contributed by atoms with van der Waals surface area (Å²) < 4.78 is 2.04. The summed E-state index contributed by atoms with van der Waals surface area (Å²) in [6.45, 7) is 4.15. The minimum absolute atomic E-state index is 0.0581. The molecule has 0 bridgehead atoms. The van der Waals surface area contributed by atoms with E-state index in [-0.39, 0.29) is 11.7 Å². The lowest BCUT2D eigenvalue weighted by Crippen LogP contribution is -2.14. The summed E-state index contributed by atoms with van der Waals surface area (Å²) in [6.07, 6.45) is 4.68. The van der Waals surface area contributed by atoms with Crippen molar-refractivity contribution >= 4 is 62.3 Å². The third-order valence-corrected chi connectivity index (χ3v) is 8.27. The quantitative estimate of drug-likeness (QED) is 0.302. The molecule has 0 saturated carbocycles. The Morgan fingerprint density at radius 3 is 2.74 bits per heavy atom. The third-order valence-electron chi connectivity index (χ3n) is 5.34. The summed E-state index contributed by atoms with van der Waals surface area (Å²) in [5, 5.41) is 14.7. The summed E-state index contributed by atoms with van der Waals surface area (Å²) >= 11 is 4.90. The molecule has 0 atom stereocenters. The van der Waals surface area contributed by atoms with Crippen LogP contribution in [0.3, 0.4) is 0 Å². The van der Waals surface area contributed by atoms with Crippen molar-refractivity contribution in [3.05, 3.63) is 40.3 Å². The molecule has 0 radical (unpaired) electrons. The molecule has 1 aliphatic rings. The van der Waals surface area contributed by atoms with E-state index in [1.807, 2.05) is 46.9 Å². The highest BCUT2D eigenvalue weighted by Crippen LogP contribution is 2.39. The van der Waals surface area contributed by atoms with Crippen LogP contribution in [-0.2, 0) is 17.6 Å². The molecule has 31 heavy (non-hydrogen) atoms. The number of thiophene rings is 1. The van der Waals surface area contributed by atoms with Crippen molar-refractivity contribution in [2.45, 2.75) is 49.8 Å². The largest absolute Gasteiger partial charge is 0.325 e. The van der Waals surface area contributed by atoms with Gasteiger partial charge in [-0.25, -0.2) is 9.38 Å². The molecule has 1 aromatic carbocycles.